The van der Waals surface area contributed by atoms with Crippen molar-refractivity contribution in [1.82, 2.24) is 0 Å². The van der Waals surface area contributed by atoms with Crippen molar-refractivity contribution in [3.8, 4) is 0 Å². The smallest absolute Gasteiger partial charge is 0.209 e. The SMILES string of the molecule is NC(=S)c1ccc(NCCCS(N)(=O)=O)cc1Br. The van der Waals surface area contributed by atoms with Crippen molar-refractivity contribution in [3.63, 3.8) is 0 Å². The van der Waals surface area contributed by atoms with E-state index < -0.39 is 10.0 Å². The fraction of sp³-hybridized carbons (Fsp3) is 0.300. The zero-order valence-electron chi connectivity index (χ0n) is 9.52. The highest BCUT2D eigenvalue weighted by molar-refractivity contribution is 9.10. The van der Waals surface area contributed by atoms with Crippen molar-refractivity contribution in [2.24, 2.45) is 10.9 Å². The molecule has 0 bridgehead atoms. The minimum absolute atomic E-state index is 0.0356. The molecule has 0 saturated carbocycles. The molecule has 0 saturated heterocycles. The Labute approximate surface area is 120 Å². The van der Waals surface area contributed by atoms with E-state index >= 15 is 0 Å². The van der Waals surface area contributed by atoms with Gasteiger partial charge in [0.1, 0.15) is 4.99 Å². The van der Waals surface area contributed by atoms with E-state index in [1.807, 2.05) is 12.1 Å². The number of sulfonamides is 1. The molecule has 0 atom stereocenters. The Morgan fingerprint density at radius 3 is 2.61 bits per heavy atom. The third-order valence-corrected chi connectivity index (χ3v) is 3.90. The molecule has 1 aromatic rings. The average Bonchev–Trinajstić information content (AvgIpc) is 2.22. The van der Waals surface area contributed by atoms with Gasteiger partial charge in [-0.1, -0.05) is 12.2 Å². The lowest BCUT2D eigenvalue weighted by Gasteiger charge is -2.08. The lowest BCUT2D eigenvalue weighted by molar-refractivity contribution is 0.596. The topological polar surface area (TPSA) is 98.2 Å². The van der Waals surface area contributed by atoms with Crippen molar-refractivity contribution in [2.45, 2.75) is 6.42 Å². The van der Waals surface area contributed by atoms with Crippen LogP contribution in [0.3, 0.4) is 0 Å². The Morgan fingerprint density at radius 1 is 1.44 bits per heavy atom. The molecule has 1 rings (SSSR count). The lowest BCUT2D eigenvalue weighted by Crippen LogP contribution is -2.18. The molecule has 0 heterocycles. The van der Waals surface area contributed by atoms with Gasteiger partial charge in [-0.2, -0.15) is 0 Å². The molecule has 0 radical (unpaired) electrons. The Kier molecular flexibility index (Phi) is 5.51. The van der Waals surface area contributed by atoms with Gasteiger partial charge in [0.15, 0.2) is 0 Å². The number of primary sulfonamides is 1. The molecule has 0 aliphatic heterocycles. The van der Waals surface area contributed by atoms with E-state index in [9.17, 15) is 8.42 Å². The second-order valence-electron chi connectivity index (χ2n) is 3.71. The van der Waals surface area contributed by atoms with Crippen LogP contribution in [0.5, 0.6) is 0 Å². The summed E-state index contributed by atoms with van der Waals surface area (Å²) >= 11 is 8.25. The Bertz CT molecular complexity index is 546. The summed E-state index contributed by atoms with van der Waals surface area (Å²) in [5.74, 6) is -0.0356. The van der Waals surface area contributed by atoms with Crippen LogP contribution in [0.4, 0.5) is 5.69 Å². The van der Waals surface area contributed by atoms with Crippen LogP contribution in [0.15, 0.2) is 22.7 Å². The Balaban J connectivity index is 2.54. The maximum atomic E-state index is 10.7. The van der Waals surface area contributed by atoms with E-state index in [2.05, 4.69) is 21.2 Å². The molecule has 100 valence electrons. The molecule has 0 spiro atoms. The second kappa shape index (κ2) is 6.46. The Hall–Kier alpha value is -0.700. The van der Waals surface area contributed by atoms with Gasteiger partial charge in [0.2, 0.25) is 10.0 Å². The first-order valence-electron chi connectivity index (χ1n) is 5.13. The first-order chi connectivity index (χ1) is 8.29. The van der Waals surface area contributed by atoms with Gasteiger partial charge in [0.25, 0.3) is 0 Å². The van der Waals surface area contributed by atoms with Gasteiger partial charge in [-0.15, -0.1) is 0 Å². The predicted molar refractivity (Wildman–Crippen MR) is 81.1 cm³/mol. The third kappa shape index (κ3) is 5.30. The molecule has 8 heteroatoms. The van der Waals surface area contributed by atoms with Crippen LogP contribution in [0.2, 0.25) is 0 Å². The van der Waals surface area contributed by atoms with E-state index in [1.54, 1.807) is 6.07 Å². The van der Waals surface area contributed by atoms with Gasteiger partial charge in [0.05, 0.1) is 5.75 Å². The summed E-state index contributed by atoms with van der Waals surface area (Å²) in [5, 5.41) is 7.99. The van der Waals surface area contributed by atoms with E-state index in [0.717, 1.165) is 15.7 Å². The monoisotopic (exact) mass is 351 g/mol. The molecule has 5 nitrogen and oxygen atoms in total. The molecule has 1 aromatic carbocycles. The minimum Gasteiger partial charge on any atom is -0.389 e. The summed E-state index contributed by atoms with van der Waals surface area (Å²) in [4.78, 5) is 0.322. The van der Waals surface area contributed by atoms with Crippen molar-refractivity contribution >= 4 is 48.8 Å². The highest BCUT2D eigenvalue weighted by Gasteiger charge is 2.04. The zero-order valence-corrected chi connectivity index (χ0v) is 12.7. The van der Waals surface area contributed by atoms with Crippen molar-refractivity contribution in [1.29, 1.82) is 0 Å². The molecule has 0 aliphatic carbocycles. The van der Waals surface area contributed by atoms with Crippen molar-refractivity contribution < 1.29 is 8.42 Å². The summed E-state index contributed by atoms with van der Waals surface area (Å²) in [6, 6.07) is 5.47. The summed E-state index contributed by atoms with van der Waals surface area (Å²) in [5.41, 5.74) is 7.16. The normalized spacial score (nSPS) is 11.2. The second-order valence-corrected chi connectivity index (χ2v) is 6.73. The van der Waals surface area contributed by atoms with Gasteiger partial charge < -0.3 is 11.1 Å². The maximum absolute atomic E-state index is 10.7. The molecule has 0 aromatic heterocycles. The molecule has 0 unspecified atom stereocenters. The number of anilines is 1. The van der Waals surface area contributed by atoms with E-state index in [-0.39, 0.29) is 5.75 Å². The number of hydrogen-bond donors (Lipinski definition) is 3. The molecule has 18 heavy (non-hydrogen) atoms. The summed E-state index contributed by atoms with van der Waals surface area (Å²) in [6.07, 6.45) is 0.452. The maximum Gasteiger partial charge on any atom is 0.209 e. The third-order valence-electron chi connectivity index (χ3n) is 2.17. The standard InChI is InChI=1S/C10H14BrN3O2S2/c11-9-6-7(2-3-8(9)10(12)17)14-4-1-5-18(13,15)16/h2-3,6,14H,1,4-5H2,(H2,12,17)(H2,13,15,16). The number of rotatable bonds is 6. The molecular formula is C10H14BrN3O2S2. The van der Waals surface area contributed by atoms with Gasteiger partial charge in [0, 0.05) is 22.3 Å². The Morgan fingerprint density at radius 2 is 2.11 bits per heavy atom. The number of hydrogen-bond acceptors (Lipinski definition) is 4. The van der Waals surface area contributed by atoms with Crippen LogP contribution in [0, 0.1) is 0 Å². The van der Waals surface area contributed by atoms with Gasteiger partial charge in [-0.25, -0.2) is 13.6 Å². The minimum atomic E-state index is -3.39. The van der Waals surface area contributed by atoms with Crippen LogP contribution in [-0.4, -0.2) is 25.7 Å². The predicted octanol–water partition coefficient (Wildman–Crippen LogP) is 1.17. The van der Waals surface area contributed by atoms with Gasteiger partial charge >= 0.3 is 0 Å². The van der Waals surface area contributed by atoms with E-state index in [4.69, 9.17) is 23.1 Å². The highest BCUT2D eigenvalue weighted by atomic mass is 79.9. The summed E-state index contributed by atoms with van der Waals surface area (Å²) in [7, 11) is -3.39. The van der Waals surface area contributed by atoms with Crippen LogP contribution in [0.25, 0.3) is 0 Å². The zero-order chi connectivity index (χ0) is 13.8. The van der Waals surface area contributed by atoms with Crippen LogP contribution >= 0.6 is 28.1 Å². The van der Waals surface area contributed by atoms with Crippen LogP contribution < -0.4 is 16.2 Å². The van der Waals surface area contributed by atoms with Crippen LogP contribution in [0.1, 0.15) is 12.0 Å². The summed E-state index contributed by atoms with van der Waals surface area (Å²) in [6.45, 7) is 0.523. The fourth-order valence-electron chi connectivity index (χ4n) is 1.33. The van der Waals surface area contributed by atoms with Gasteiger partial charge in [-0.3, -0.25) is 0 Å². The molecule has 0 amide bonds. The van der Waals surface area contributed by atoms with Crippen molar-refractivity contribution in [2.75, 3.05) is 17.6 Å². The molecule has 5 N–H and O–H groups in total. The highest BCUT2D eigenvalue weighted by Crippen LogP contribution is 2.21. The average molecular weight is 352 g/mol. The van der Waals surface area contributed by atoms with Gasteiger partial charge in [-0.05, 0) is 40.5 Å². The molecule has 0 aliphatic rings. The largest absolute Gasteiger partial charge is 0.389 e. The molecular weight excluding hydrogens is 338 g/mol. The van der Waals surface area contributed by atoms with Crippen molar-refractivity contribution in [3.05, 3.63) is 28.2 Å². The quantitative estimate of drug-likeness (QED) is 0.527. The van der Waals surface area contributed by atoms with E-state index in [1.165, 1.54) is 0 Å². The lowest BCUT2D eigenvalue weighted by atomic mass is 10.2. The van der Waals surface area contributed by atoms with E-state index in [0.29, 0.717) is 18.0 Å². The number of benzene rings is 1. The first kappa shape index (κ1) is 15.4. The van der Waals surface area contributed by atoms with Crippen LogP contribution in [-0.2, 0) is 10.0 Å². The fourth-order valence-corrected chi connectivity index (χ4v) is 2.78. The number of halogens is 1. The first-order valence-corrected chi connectivity index (χ1v) is 8.05. The number of nitrogens with one attached hydrogen (secondary N) is 1. The molecule has 0 fully saturated rings. The summed E-state index contributed by atoms with van der Waals surface area (Å²) < 4.78 is 22.3. The number of nitrogens with two attached hydrogens (primary N) is 2. The number of thiocarbonyl (C=S) groups is 1.